The van der Waals surface area contributed by atoms with Crippen LogP contribution in [0.2, 0.25) is 5.02 Å². The summed E-state index contributed by atoms with van der Waals surface area (Å²) in [4.78, 5) is 27.8. The fourth-order valence-electron chi connectivity index (χ4n) is 3.92. The number of rotatable bonds is 9. The molecule has 7 nitrogen and oxygen atoms in total. The van der Waals surface area contributed by atoms with E-state index in [-0.39, 0.29) is 17.3 Å². The number of amides is 2. The molecule has 196 valence electrons. The van der Waals surface area contributed by atoms with Crippen LogP contribution >= 0.6 is 11.6 Å². The lowest BCUT2D eigenvalue weighted by atomic mass is 10.1. The second kappa shape index (κ2) is 11.8. The van der Waals surface area contributed by atoms with Gasteiger partial charge in [-0.05, 0) is 74.7 Å². The van der Waals surface area contributed by atoms with Crippen molar-refractivity contribution in [2.24, 2.45) is 0 Å². The lowest BCUT2D eigenvalue weighted by molar-refractivity contribution is -0.139. The van der Waals surface area contributed by atoms with Crippen LogP contribution in [-0.2, 0) is 26.2 Å². The van der Waals surface area contributed by atoms with Crippen LogP contribution in [0.25, 0.3) is 0 Å². The average molecular weight is 542 g/mol. The predicted octanol–water partition coefficient (Wildman–Crippen LogP) is 4.62. The van der Waals surface area contributed by atoms with Gasteiger partial charge in [0.1, 0.15) is 12.6 Å². The van der Waals surface area contributed by atoms with Gasteiger partial charge >= 0.3 is 0 Å². The Morgan fingerprint density at radius 2 is 1.51 bits per heavy atom. The van der Waals surface area contributed by atoms with Crippen molar-refractivity contribution >= 4 is 39.1 Å². The molecule has 1 N–H and O–H groups in total. The number of sulfonamides is 1. The van der Waals surface area contributed by atoms with E-state index in [4.69, 9.17) is 11.6 Å². The summed E-state index contributed by atoms with van der Waals surface area (Å²) in [5.41, 5.74) is 3.65. The van der Waals surface area contributed by atoms with E-state index in [9.17, 15) is 18.0 Å². The Balaban J connectivity index is 2.07. The molecule has 3 aromatic carbocycles. The molecule has 2 amide bonds. The number of nitrogens with zero attached hydrogens (tertiary/aromatic N) is 2. The van der Waals surface area contributed by atoms with E-state index in [0.717, 1.165) is 21.0 Å². The van der Waals surface area contributed by atoms with E-state index in [1.54, 1.807) is 56.3 Å². The molecule has 0 bridgehead atoms. The maximum absolute atomic E-state index is 13.9. The van der Waals surface area contributed by atoms with Gasteiger partial charge in [-0.25, -0.2) is 8.42 Å². The van der Waals surface area contributed by atoms with Crippen molar-refractivity contribution in [2.45, 2.75) is 45.2 Å². The van der Waals surface area contributed by atoms with Gasteiger partial charge in [0.25, 0.3) is 10.0 Å². The van der Waals surface area contributed by atoms with Crippen molar-refractivity contribution in [3.05, 3.63) is 94.0 Å². The molecule has 0 saturated heterocycles. The highest BCUT2D eigenvalue weighted by molar-refractivity contribution is 7.92. The number of anilines is 1. The van der Waals surface area contributed by atoms with Crippen molar-refractivity contribution < 1.29 is 18.0 Å². The minimum Gasteiger partial charge on any atom is -0.357 e. The van der Waals surface area contributed by atoms with Gasteiger partial charge < -0.3 is 10.2 Å². The maximum Gasteiger partial charge on any atom is 0.264 e. The van der Waals surface area contributed by atoms with E-state index < -0.39 is 28.5 Å². The molecule has 9 heteroatoms. The molecule has 0 aliphatic rings. The first-order valence-electron chi connectivity index (χ1n) is 11.9. The number of halogens is 1. The Hall–Kier alpha value is -3.36. The first-order valence-corrected chi connectivity index (χ1v) is 13.7. The molecule has 0 heterocycles. The number of aryl methyl sites for hydroxylation is 3. The van der Waals surface area contributed by atoms with Gasteiger partial charge in [0.05, 0.1) is 10.6 Å². The van der Waals surface area contributed by atoms with Crippen LogP contribution in [0.3, 0.4) is 0 Å². The van der Waals surface area contributed by atoms with Crippen LogP contribution in [0.15, 0.2) is 71.6 Å². The third-order valence-electron chi connectivity index (χ3n) is 6.20. The van der Waals surface area contributed by atoms with Crippen molar-refractivity contribution in [3.8, 4) is 0 Å². The summed E-state index contributed by atoms with van der Waals surface area (Å²) in [6.45, 7) is 6.78. The molecule has 0 aliphatic heterocycles. The third kappa shape index (κ3) is 6.70. The zero-order chi connectivity index (χ0) is 27.3. The van der Waals surface area contributed by atoms with Gasteiger partial charge in [0.15, 0.2) is 0 Å². The van der Waals surface area contributed by atoms with Crippen molar-refractivity contribution in [2.75, 3.05) is 17.9 Å². The normalized spacial score (nSPS) is 12.1. The Bertz CT molecular complexity index is 1370. The molecule has 0 unspecified atom stereocenters. The zero-order valence-corrected chi connectivity index (χ0v) is 23.2. The number of hydrogen-bond acceptors (Lipinski definition) is 4. The molecule has 0 saturated carbocycles. The molecule has 0 aliphatic carbocycles. The fraction of sp³-hybridized carbons (Fsp3) is 0.286. The molecule has 37 heavy (non-hydrogen) atoms. The highest BCUT2D eigenvalue weighted by Crippen LogP contribution is 2.28. The highest BCUT2D eigenvalue weighted by Gasteiger charge is 2.33. The van der Waals surface area contributed by atoms with Gasteiger partial charge in [-0.15, -0.1) is 0 Å². The van der Waals surface area contributed by atoms with Gasteiger partial charge in [0, 0.05) is 18.6 Å². The SMILES string of the molecule is CNC(=O)[C@@H](C)N(Cc1ccc(Cl)cc1)C(=O)CN(c1cc(C)ccc1C)S(=O)(=O)c1ccc(C)cc1. The number of carbonyl (C=O) groups is 2. The number of carbonyl (C=O) groups excluding carboxylic acids is 2. The molecule has 0 spiro atoms. The average Bonchev–Trinajstić information content (AvgIpc) is 2.87. The number of likely N-dealkylation sites (N-methyl/N-ethyl adjacent to an activating group) is 1. The van der Waals surface area contributed by atoms with E-state index in [1.807, 2.05) is 26.0 Å². The van der Waals surface area contributed by atoms with Crippen LogP contribution in [0.1, 0.15) is 29.2 Å². The number of nitrogens with one attached hydrogen (secondary N) is 1. The summed E-state index contributed by atoms with van der Waals surface area (Å²) < 4.78 is 28.9. The first kappa shape index (κ1) is 28.2. The standard InChI is InChI=1S/C28H32ClN3O4S/c1-19-7-14-25(15-8-19)37(35,36)32(26-16-20(2)6-9-21(26)3)18-27(33)31(22(4)28(34)30-5)17-23-10-12-24(29)13-11-23/h6-16,22H,17-18H2,1-5H3,(H,30,34)/t22-/m1/s1. The minimum absolute atomic E-state index is 0.0791. The van der Waals surface area contributed by atoms with Crippen molar-refractivity contribution in [1.29, 1.82) is 0 Å². The molecular weight excluding hydrogens is 510 g/mol. The number of benzene rings is 3. The summed E-state index contributed by atoms with van der Waals surface area (Å²) >= 11 is 6.01. The Morgan fingerprint density at radius 3 is 2.11 bits per heavy atom. The second-order valence-electron chi connectivity index (χ2n) is 9.05. The summed E-state index contributed by atoms with van der Waals surface area (Å²) in [7, 11) is -2.61. The Labute approximate surface area is 224 Å². The maximum atomic E-state index is 13.9. The van der Waals surface area contributed by atoms with Crippen LogP contribution in [0.5, 0.6) is 0 Å². The molecule has 0 fully saturated rings. The third-order valence-corrected chi connectivity index (χ3v) is 8.23. The van der Waals surface area contributed by atoms with E-state index in [0.29, 0.717) is 16.3 Å². The smallest absolute Gasteiger partial charge is 0.264 e. The summed E-state index contributed by atoms with van der Waals surface area (Å²) in [6, 6.07) is 18.1. The van der Waals surface area contributed by atoms with Crippen LogP contribution in [0.4, 0.5) is 5.69 Å². The van der Waals surface area contributed by atoms with Crippen LogP contribution < -0.4 is 9.62 Å². The first-order chi connectivity index (χ1) is 17.4. The van der Waals surface area contributed by atoms with Crippen LogP contribution in [-0.4, -0.2) is 44.8 Å². The van der Waals surface area contributed by atoms with Gasteiger partial charge in [-0.1, -0.05) is 53.6 Å². The molecule has 3 rings (SSSR count). The Kier molecular flexibility index (Phi) is 8.99. The van der Waals surface area contributed by atoms with Crippen molar-refractivity contribution in [1.82, 2.24) is 10.2 Å². The van der Waals surface area contributed by atoms with Gasteiger partial charge in [-0.2, -0.15) is 0 Å². The van der Waals surface area contributed by atoms with Gasteiger partial charge in [0.2, 0.25) is 11.8 Å². The highest BCUT2D eigenvalue weighted by atomic mass is 35.5. The largest absolute Gasteiger partial charge is 0.357 e. The predicted molar refractivity (Wildman–Crippen MR) is 147 cm³/mol. The molecule has 0 aromatic heterocycles. The Morgan fingerprint density at radius 1 is 0.919 bits per heavy atom. The second-order valence-corrected chi connectivity index (χ2v) is 11.4. The minimum atomic E-state index is -4.10. The molecule has 0 radical (unpaired) electrons. The van der Waals surface area contributed by atoms with Gasteiger partial charge in [-0.3, -0.25) is 13.9 Å². The van der Waals surface area contributed by atoms with E-state index >= 15 is 0 Å². The molecule has 1 atom stereocenters. The monoisotopic (exact) mass is 541 g/mol. The summed E-state index contributed by atoms with van der Waals surface area (Å²) in [6.07, 6.45) is 0. The lowest BCUT2D eigenvalue weighted by Crippen LogP contribution is -2.50. The van der Waals surface area contributed by atoms with E-state index in [2.05, 4.69) is 5.32 Å². The van der Waals surface area contributed by atoms with E-state index in [1.165, 1.54) is 24.1 Å². The quantitative estimate of drug-likeness (QED) is 0.428. The lowest BCUT2D eigenvalue weighted by Gasteiger charge is -2.32. The molecule has 3 aromatic rings. The zero-order valence-electron chi connectivity index (χ0n) is 21.7. The van der Waals surface area contributed by atoms with Crippen LogP contribution in [0, 0.1) is 20.8 Å². The summed E-state index contributed by atoms with van der Waals surface area (Å²) in [5.74, 6) is -0.871. The number of hydrogen-bond donors (Lipinski definition) is 1. The van der Waals surface area contributed by atoms with Crippen molar-refractivity contribution in [3.63, 3.8) is 0 Å². The molecular formula is C28H32ClN3O4S. The summed E-state index contributed by atoms with van der Waals surface area (Å²) in [5, 5.41) is 3.12. The fourth-order valence-corrected chi connectivity index (χ4v) is 5.51. The topological polar surface area (TPSA) is 86.8 Å².